The Bertz CT molecular complexity index is 676. The maximum atomic E-state index is 13.6. The van der Waals surface area contributed by atoms with Gasteiger partial charge in [0.05, 0.1) is 19.3 Å². The highest BCUT2D eigenvalue weighted by Gasteiger charge is 2.69. The maximum absolute atomic E-state index is 13.6. The Hall–Kier alpha value is -1.83. The summed E-state index contributed by atoms with van der Waals surface area (Å²) < 4.78 is 16.8. The molecular weight excluding hydrogens is 412 g/mol. The number of carbonyl (C=O) groups excluding carboxylic acids is 3. The van der Waals surface area contributed by atoms with Crippen LogP contribution < -0.4 is 0 Å². The van der Waals surface area contributed by atoms with E-state index in [2.05, 4.69) is 6.92 Å². The smallest absolute Gasteiger partial charge is 0.411 e. The van der Waals surface area contributed by atoms with E-state index in [0.717, 1.165) is 25.7 Å². The summed E-state index contributed by atoms with van der Waals surface area (Å²) in [5, 5.41) is 0. The van der Waals surface area contributed by atoms with E-state index >= 15 is 0 Å². The Morgan fingerprint density at radius 3 is 2.31 bits per heavy atom. The highest BCUT2D eigenvalue weighted by Crippen LogP contribution is 2.48. The summed E-state index contributed by atoms with van der Waals surface area (Å²) in [7, 11) is 0. The van der Waals surface area contributed by atoms with Gasteiger partial charge < -0.3 is 19.1 Å². The van der Waals surface area contributed by atoms with E-state index in [0.29, 0.717) is 26.1 Å². The normalized spacial score (nSPS) is 26.3. The lowest BCUT2D eigenvalue weighted by Crippen LogP contribution is -2.81. The summed E-state index contributed by atoms with van der Waals surface area (Å²) >= 11 is 0. The van der Waals surface area contributed by atoms with Gasteiger partial charge in [0.25, 0.3) is 5.91 Å². The molecule has 2 rings (SSSR count). The summed E-state index contributed by atoms with van der Waals surface area (Å²) in [6, 6.07) is -1.27. The summed E-state index contributed by atoms with van der Waals surface area (Å²) in [5.41, 5.74) is -1.64. The number of hydrogen-bond acceptors (Lipinski definition) is 6. The zero-order valence-corrected chi connectivity index (χ0v) is 20.9. The van der Waals surface area contributed by atoms with Crippen LogP contribution in [0.3, 0.4) is 0 Å². The van der Waals surface area contributed by atoms with Crippen LogP contribution in [0.5, 0.6) is 0 Å². The van der Waals surface area contributed by atoms with Crippen LogP contribution >= 0.6 is 0 Å². The molecule has 2 fully saturated rings. The molecule has 4 atom stereocenters. The molecule has 2 aliphatic rings. The first kappa shape index (κ1) is 26.4. The number of β-lactam (4-membered cyclic amide) rings is 1. The van der Waals surface area contributed by atoms with Crippen molar-refractivity contribution in [3.63, 3.8) is 0 Å². The molecule has 0 saturated carbocycles. The SMILES string of the molecule is CCCCOC[C@@H](C(=O)OCCCC)N1C(=O)C2(CCC(C)N2C(=O)OC(C)(C)C)C1C. The number of carbonyl (C=O) groups is 3. The molecule has 2 amide bonds. The molecule has 32 heavy (non-hydrogen) atoms. The van der Waals surface area contributed by atoms with Gasteiger partial charge in [-0.05, 0) is 60.3 Å². The second-order valence-corrected chi connectivity index (χ2v) is 10.0. The molecule has 1 spiro atoms. The molecule has 2 aliphatic heterocycles. The van der Waals surface area contributed by atoms with E-state index in [1.807, 2.05) is 41.5 Å². The van der Waals surface area contributed by atoms with E-state index in [1.54, 1.807) is 9.80 Å². The van der Waals surface area contributed by atoms with Crippen molar-refractivity contribution in [2.75, 3.05) is 19.8 Å². The van der Waals surface area contributed by atoms with Gasteiger partial charge in [-0.2, -0.15) is 0 Å². The fourth-order valence-corrected chi connectivity index (χ4v) is 4.62. The van der Waals surface area contributed by atoms with Gasteiger partial charge in [0.15, 0.2) is 6.04 Å². The van der Waals surface area contributed by atoms with Crippen molar-refractivity contribution in [1.82, 2.24) is 9.80 Å². The van der Waals surface area contributed by atoms with Crippen LogP contribution in [0.25, 0.3) is 0 Å². The third-order valence-electron chi connectivity index (χ3n) is 6.39. The van der Waals surface area contributed by atoms with Crippen molar-refractivity contribution in [2.45, 2.75) is 116 Å². The third kappa shape index (κ3) is 5.38. The van der Waals surface area contributed by atoms with Crippen LogP contribution in [-0.2, 0) is 23.8 Å². The van der Waals surface area contributed by atoms with Crippen molar-refractivity contribution in [2.24, 2.45) is 0 Å². The Labute approximate surface area is 192 Å². The van der Waals surface area contributed by atoms with Gasteiger partial charge in [0, 0.05) is 12.6 Å². The Kier molecular flexibility index (Phi) is 8.97. The molecule has 2 saturated heterocycles. The Balaban J connectivity index is 2.21. The topological polar surface area (TPSA) is 85.4 Å². The van der Waals surface area contributed by atoms with E-state index < -0.39 is 29.2 Å². The molecule has 0 aromatic rings. The van der Waals surface area contributed by atoms with Crippen LogP contribution in [0.4, 0.5) is 4.79 Å². The third-order valence-corrected chi connectivity index (χ3v) is 6.39. The van der Waals surface area contributed by atoms with Crippen molar-refractivity contribution in [1.29, 1.82) is 0 Å². The van der Waals surface area contributed by atoms with Gasteiger partial charge in [-0.1, -0.05) is 26.7 Å². The average Bonchev–Trinajstić information content (AvgIpc) is 3.08. The second kappa shape index (κ2) is 10.9. The first-order valence-electron chi connectivity index (χ1n) is 12.1. The van der Waals surface area contributed by atoms with Crippen molar-refractivity contribution >= 4 is 18.0 Å². The quantitative estimate of drug-likeness (QED) is 0.283. The minimum atomic E-state index is -0.979. The number of unbranched alkanes of at least 4 members (excludes halogenated alkanes) is 2. The lowest BCUT2D eigenvalue weighted by atomic mass is 9.76. The zero-order chi connectivity index (χ0) is 24.1. The Morgan fingerprint density at radius 1 is 1.12 bits per heavy atom. The van der Waals surface area contributed by atoms with E-state index in [1.165, 1.54) is 0 Å². The van der Waals surface area contributed by atoms with Crippen LogP contribution in [0.1, 0.15) is 87.0 Å². The van der Waals surface area contributed by atoms with Crippen molar-refractivity contribution in [3.8, 4) is 0 Å². The standard InChI is InChI=1S/C24H42N2O6/c1-8-10-14-30-16-19(20(27)31-15-11-9-2)25-18(4)24(21(25)28)13-12-17(3)26(24)22(29)32-23(5,6)7/h17-19H,8-16H2,1-7H3/t17?,18?,19-,24?/m0/s1. The molecule has 2 heterocycles. The first-order valence-corrected chi connectivity index (χ1v) is 12.1. The average molecular weight is 455 g/mol. The molecule has 184 valence electrons. The van der Waals surface area contributed by atoms with Gasteiger partial charge in [0.1, 0.15) is 11.1 Å². The van der Waals surface area contributed by atoms with Crippen LogP contribution in [0.15, 0.2) is 0 Å². The van der Waals surface area contributed by atoms with E-state index in [-0.39, 0.29) is 24.6 Å². The van der Waals surface area contributed by atoms with Crippen molar-refractivity contribution < 1.29 is 28.6 Å². The van der Waals surface area contributed by atoms with Gasteiger partial charge in [0.2, 0.25) is 0 Å². The Morgan fingerprint density at radius 2 is 1.75 bits per heavy atom. The minimum absolute atomic E-state index is 0.0963. The van der Waals surface area contributed by atoms with Crippen LogP contribution in [0, 0.1) is 0 Å². The minimum Gasteiger partial charge on any atom is -0.464 e. The van der Waals surface area contributed by atoms with E-state index in [9.17, 15) is 14.4 Å². The monoisotopic (exact) mass is 454 g/mol. The number of rotatable bonds is 10. The summed E-state index contributed by atoms with van der Waals surface area (Å²) in [5.74, 6) is -0.670. The fourth-order valence-electron chi connectivity index (χ4n) is 4.62. The van der Waals surface area contributed by atoms with E-state index in [4.69, 9.17) is 14.2 Å². The highest BCUT2D eigenvalue weighted by molar-refractivity contribution is 6.00. The number of amides is 2. The molecule has 3 unspecified atom stereocenters. The van der Waals surface area contributed by atoms with Crippen molar-refractivity contribution in [3.05, 3.63) is 0 Å². The molecule has 8 nitrogen and oxygen atoms in total. The first-order chi connectivity index (χ1) is 15.0. The van der Waals surface area contributed by atoms with Crippen LogP contribution in [-0.4, -0.2) is 76.9 Å². The second-order valence-electron chi connectivity index (χ2n) is 10.0. The predicted molar refractivity (Wildman–Crippen MR) is 121 cm³/mol. The molecule has 0 aromatic heterocycles. The van der Waals surface area contributed by atoms with Gasteiger partial charge >= 0.3 is 12.1 Å². The summed E-state index contributed by atoms with van der Waals surface area (Å²) in [6.07, 6.45) is 4.33. The lowest BCUT2D eigenvalue weighted by molar-refractivity contribution is -0.188. The summed E-state index contributed by atoms with van der Waals surface area (Å²) in [6.45, 7) is 14.3. The molecule has 8 heteroatoms. The zero-order valence-electron chi connectivity index (χ0n) is 20.9. The van der Waals surface area contributed by atoms with Crippen LogP contribution in [0.2, 0.25) is 0 Å². The number of likely N-dealkylation sites (tertiary alicyclic amines) is 2. The fraction of sp³-hybridized carbons (Fsp3) is 0.875. The number of esters is 1. The van der Waals surface area contributed by atoms with Gasteiger partial charge in [-0.15, -0.1) is 0 Å². The van der Waals surface area contributed by atoms with Gasteiger partial charge in [-0.3, -0.25) is 9.69 Å². The predicted octanol–water partition coefficient (Wildman–Crippen LogP) is 3.90. The maximum Gasteiger partial charge on any atom is 0.411 e. The lowest BCUT2D eigenvalue weighted by Gasteiger charge is -2.58. The number of nitrogens with zero attached hydrogens (tertiary/aromatic N) is 2. The highest BCUT2D eigenvalue weighted by atomic mass is 16.6. The molecular formula is C24H42N2O6. The largest absolute Gasteiger partial charge is 0.464 e. The van der Waals surface area contributed by atoms with Gasteiger partial charge in [-0.25, -0.2) is 9.59 Å². The number of ether oxygens (including phenoxy) is 3. The molecule has 0 N–H and O–H groups in total. The molecule has 0 aliphatic carbocycles. The number of hydrogen-bond donors (Lipinski definition) is 0. The molecule has 0 bridgehead atoms. The summed E-state index contributed by atoms with van der Waals surface area (Å²) in [4.78, 5) is 42.6. The molecule has 0 radical (unpaired) electrons. The molecule has 0 aromatic carbocycles.